The zero-order valence-corrected chi connectivity index (χ0v) is 14.2. The molecule has 1 amide bonds. The summed E-state index contributed by atoms with van der Waals surface area (Å²) in [6.07, 6.45) is 0.678. The molecule has 1 aliphatic rings. The molecule has 0 bridgehead atoms. The van der Waals surface area contributed by atoms with Gasteiger partial charge in [0.15, 0.2) is 5.96 Å². The van der Waals surface area contributed by atoms with E-state index in [0.29, 0.717) is 25.7 Å². The highest BCUT2D eigenvalue weighted by molar-refractivity contribution is 5.92. The van der Waals surface area contributed by atoms with Gasteiger partial charge in [-0.25, -0.2) is 9.79 Å². The Morgan fingerprint density at radius 1 is 1.24 bits per heavy atom. The number of anilines is 2. The van der Waals surface area contributed by atoms with Crippen LogP contribution in [0, 0.1) is 0 Å². The van der Waals surface area contributed by atoms with Crippen molar-refractivity contribution in [3.63, 3.8) is 0 Å². The largest absolute Gasteiger partial charge is 0.447 e. The van der Waals surface area contributed by atoms with Gasteiger partial charge in [-0.15, -0.1) is 0 Å². The standard InChI is InChI=1S/C19H22N4O2/c1-2-14-4-3-5-16(12-14)22-18(20)21-13-15-6-8-17(9-7-15)23-10-11-25-19(23)24/h3-9,12H,2,10-11,13H2,1H3,(H3,20,21,22). The lowest BCUT2D eigenvalue weighted by Crippen LogP contribution is -2.23. The van der Waals surface area contributed by atoms with Gasteiger partial charge in [0, 0.05) is 11.4 Å². The van der Waals surface area contributed by atoms with Crippen molar-refractivity contribution in [3.8, 4) is 0 Å². The van der Waals surface area contributed by atoms with Crippen LogP contribution in [0.1, 0.15) is 18.1 Å². The first-order chi connectivity index (χ1) is 12.2. The normalized spacial score (nSPS) is 14.5. The van der Waals surface area contributed by atoms with Crippen LogP contribution in [0.15, 0.2) is 53.5 Å². The van der Waals surface area contributed by atoms with E-state index >= 15 is 0 Å². The SMILES string of the molecule is CCc1cccc(NC(N)=NCc2ccc(N3CCOC3=O)cc2)c1. The lowest BCUT2D eigenvalue weighted by molar-refractivity contribution is 0.181. The van der Waals surface area contributed by atoms with Gasteiger partial charge in [-0.05, 0) is 41.8 Å². The summed E-state index contributed by atoms with van der Waals surface area (Å²) in [6, 6.07) is 15.8. The summed E-state index contributed by atoms with van der Waals surface area (Å²) in [5, 5.41) is 3.11. The molecule has 2 aromatic rings. The molecule has 25 heavy (non-hydrogen) atoms. The monoisotopic (exact) mass is 338 g/mol. The maximum absolute atomic E-state index is 11.6. The molecule has 3 N–H and O–H groups in total. The lowest BCUT2D eigenvalue weighted by atomic mass is 10.1. The molecule has 0 unspecified atom stereocenters. The predicted molar refractivity (Wildman–Crippen MR) is 99.9 cm³/mol. The number of guanidine groups is 1. The Bertz CT molecular complexity index is 771. The van der Waals surface area contributed by atoms with Gasteiger partial charge >= 0.3 is 6.09 Å². The van der Waals surface area contributed by atoms with E-state index in [1.165, 1.54) is 5.56 Å². The number of cyclic esters (lactones) is 1. The number of amides is 1. The second kappa shape index (κ2) is 7.70. The van der Waals surface area contributed by atoms with Crippen LogP contribution in [-0.2, 0) is 17.7 Å². The summed E-state index contributed by atoms with van der Waals surface area (Å²) >= 11 is 0. The summed E-state index contributed by atoms with van der Waals surface area (Å²) in [4.78, 5) is 17.5. The van der Waals surface area contributed by atoms with Crippen molar-refractivity contribution in [1.82, 2.24) is 0 Å². The fraction of sp³-hybridized carbons (Fsp3) is 0.263. The molecule has 1 saturated heterocycles. The van der Waals surface area contributed by atoms with E-state index < -0.39 is 0 Å². The summed E-state index contributed by atoms with van der Waals surface area (Å²) in [6.45, 7) is 3.61. The number of ether oxygens (including phenoxy) is 1. The topological polar surface area (TPSA) is 79.9 Å². The summed E-state index contributed by atoms with van der Waals surface area (Å²) in [7, 11) is 0. The molecule has 6 nitrogen and oxygen atoms in total. The number of aliphatic imine (C=N–C) groups is 1. The Kier molecular flexibility index (Phi) is 5.18. The maximum Gasteiger partial charge on any atom is 0.414 e. The van der Waals surface area contributed by atoms with Gasteiger partial charge in [0.1, 0.15) is 6.61 Å². The second-order valence-electron chi connectivity index (χ2n) is 5.81. The molecule has 0 saturated carbocycles. The fourth-order valence-electron chi connectivity index (χ4n) is 2.64. The van der Waals surface area contributed by atoms with Gasteiger partial charge in [-0.2, -0.15) is 0 Å². The molecular weight excluding hydrogens is 316 g/mol. The smallest absolute Gasteiger partial charge is 0.414 e. The van der Waals surface area contributed by atoms with Crippen LogP contribution in [0.2, 0.25) is 0 Å². The molecule has 3 rings (SSSR count). The van der Waals surface area contributed by atoms with E-state index in [0.717, 1.165) is 23.4 Å². The van der Waals surface area contributed by atoms with Gasteiger partial charge in [0.05, 0.1) is 13.1 Å². The first-order valence-corrected chi connectivity index (χ1v) is 8.35. The minimum Gasteiger partial charge on any atom is -0.447 e. The third kappa shape index (κ3) is 4.29. The van der Waals surface area contributed by atoms with Gasteiger partial charge in [0.2, 0.25) is 0 Å². The van der Waals surface area contributed by atoms with Crippen molar-refractivity contribution in [2.75, 3.05) is 23.4 Å². The van der Waals surface area contributed by atoms with Gasteiger partial charge in [0.25, 0.3) is 0 Å². The van der Waals surface area contributed by atoms with Crippen molar-refractivity contribution in [2.45, 2.75) is 19.9 Å². The third-order valence-electron chi connectivity index (χ3n) is 4.05. The number of rotatable bonds is 5. The maximum atomic E-state index is 11.6. The van der Waals surface area contributed by atoms with Crippen molar-refractivity contribution >= 4 is 23.4 Å². The van der Waals surface area contributed by atoms with Crippen LogP contribution < -0.4 is 16.0 Å². The van der Waals surface area contributed by atoms with Gasteiger partial charge < -0.3 is 15.8 Å². The van der Waals surface area contributed by atoms with Crippen LogP contribution in [0.3, 0.4) is 0 Å². The average molecular weight is 338 g/mol. The van der Waals surface area contributed by atoms with E-state index in [-0.39, 0.29) is 6.09 Å². The highest BCUT2D eigenvalue weighted by atomic mass is 16.6. The average Bonchev–Trinajstić information content (AvgIpc) is 3.06. The van der Waals surface area contributed by atoms with Crippen molar-refractivity contribution in [2.24, 2.45) is 10.7 Å². The number of carbonyl (C=O) groups is 1. The van der Waals surface area contributed by atoms with Crippen LogP contribution in [0.25, 0.3) is 0 Å². The Balaban J connectivity index is 1.59. The highest BCUT2D eigenvalue weighted by Crippen LogP contribution is 2.19. The predicted octanol–water partition coefficient (Wildman–Crippen LogP) is 3.13. The van der Waals surface area contributed by atoms with E-state index in [2.05, 4.69) is 29.4 Å². The van der Waals surface area contributed by atoms with E-state index in [9.17, 15) is 4.79 Å². The number of nitrogens with one attached hydrogen (secondary N) is 1. The molecule has 2 aromatic carbocycles. The molecule has 0 aromatic heterocycles. The molecule has 1 fully saturated rings. The Morgan fingerprint density at radius 2 is 2.04 bits per heavy atom. The van der Waals surface area contributed by atoms with E-state index in [1.807, 2.05) is 36.4 Å². The molecule has 1 heterocycles. The quantitative estimate of drug-likeness (QED) is 0.648. The zero-order chi connectivity index (χ0) is 17.6. The Labute approximate surface area is 147 Å². The molecule has 6 heteroatoms. The van der Waals surface area contributed by atoms with Crippen molar-refractivity contribution in [3.05, 3.63) is 59.7 Å². The number of carbonyl (C=O) groups excluding carboxylic acids is 1. The molecule has 0 radical (unpaired) electrons. The number of hydrogen-bond acceptors (Lipinski definition) is 3. The zero-order valence-electron chi connectivity index (χ0n) is 14.2. The number of benzene rings is 2. The van der Waals surface area contributed by atoms with Crippen molar-refractivity contribution < 1.29 is 9.53 Å². The Hall–Kier alpha value is -3.02. The first kappa shape index (κ1) is 16.8. The number of nitrogens with zero attached hydrogens (tertiary/aromatic N) is 2. The summed E-state index contributed by atoms with van der Waals surface area (Å²) < 4.78 is 4.94. The highest BCUT2D eigenvalue weighted by Gasteiger charge is 2.23. The molecule has 0 aliphatic carbocycles. The van der Waals surface area contributed by atoms with Crippen LogP contribution in [0.4, 0.5) is 16.2 Å². The first-order valence-electron chi connectivity index (χ1n) is 8.35. The molecule has 0 spiro atoms. The fourth-order valence-corrected chi connectivity index (χ4v) is 2.64. The Morgan fingerprint density at radius 3 is 2.72 bits per heavy atom. The second-order valence-corrected chi connectivity index (χ2v) is 5.81. The lowest BCUT2D eigenvalue weighted by Gasteiger charge is -2.12. The van der Waals surface area contributed by atoms with Crippen LogP contribution in [-0.4, -0.2) is 25.2 Å². The van der Waals surface area contributed by atoms with E-state index in [1.54, 1.807) is 4.90 Å². The number of nitrogens with two attached hydrogens (primary N) is 1. The summed E-state index contributed by atoms with van der Waals surface area (Å²) in [5.74, 6) is 0.375. The van der Waals surface area contributed by atoms with Crippen molar-refractivity contribution in [1.29, 1.82) is 0 Å². The van der Waals surface area contributed by atoms with Crippen LogP contribution >= 0.6 is 0 Å². The van der Waals surface area contributed by atoms with Gasteiger partial charge in [-0.3, -0.25) is 4.90 Å². The molecule has 130 valence electrons. The third-order valence-corrected chi connectivity index (χ3v) is 4.05. The molecule has 1 aliphatic heterocycles. The molecular formula is C19H22N4O2. The molecule has 0 atom stereocenters. The number of aryl methyl sites for hydroxylation is 1. The number of hydrogen-bond donors (Lipinski definition) is 2. The minimum absolute atomic E-state index is 0.298. The van der Waals surface area contributed by atoms with Crippen LogP contribution in [0.5, 0.6) is 0 Å². The van der Waals surface area contributed by atoms with Gasteiger partial charge in [-0.1, -0.05) is 31.2 Å². The minimum atomic E-state index is -0.298. The summed E-state index contributed by atoms with van der Waals surface area (Å²) in [5.41, 5.74) is 9.99. The van der Waals surface area contributed by atoms with E-state index in [4.69, 9.17) is 10.5 Å².